The van der Waals surface area contributed by atoms with E-state index in [1.54, 1.807) is 19.1 Å². The Morgan fingerprint density at radius 2 is 2.05 bits per heavy atom. The Labute approximate surface area is 117 Å². The lowest BCUT2D eigenvalue weighted by Crippen LogP contribution is -2.13. The molecule has 0 saturated heterocycles. The monoisotopic (exact) mass is 274 g/mol. The van der Waals surface area contributed by atoms with E-state index in [0.29, 0.717) is 18.0 Å². The van der Waals surface area contributed by atoms with Crippen molar-refractivity contribution in [2.24, 2.45) is 0 Å². The third-order valence-electron chi connectivity index (χ3n) is 2.95. The molecule has 0 fully saturated rings. The second-order valence-corrected chi connectivity index (χ2v) is 4.53. The number of carbonyl (C=O) groups is 1. The Hall–Kier alpha value is -2.24. The van der Waals surface area contributed by atoms with Gasteiger partial charge in [0.05, 0.1) is 6.61 Å². The maximum Gasteiger partial charge on any atom is 0.184 e. The van der Waals surface area contributed by atoms with Gasteiger partial charge < -0.3 is 4.74 Å². The SMILES string of the molecule is CCCCOc1ccc(C(=O)Cn2nnnc2C)cc1. The number of aryl methyl sites for hydroxylation is 1. The predicted molar refractivity (Wildman–Crippen MR) is 73.7 cm³/mol. The molecule has 106 valence electrons. The molecule has 0 aliphatic heterocycles. The summed E-state index contributed by atoms with van der Waals surface area (Å²) in [7, 11) is 0. The molecule has 1 aromatic carbocycles. The lowest BCUT2D eigenvalue weighted by Gasteiger charge is -2.06. The fraction of sp³-hybridized carbons (Fsp3) is 0.429. The van der Waals surface area contributed by atoms with Crippen LogP contribution in [0.15, 0.2) is 24.3 Å². The van der Waals surface area contributed by atoms with Crippen molar-refractivity contribution in [3.8, 4) is 5.75 Å². The molecule has 0 unspecified atom stereocenters. The Morgan fingerprint density at radius 1 is 1.30 bits per heavy atom. The molecule has 0 N–H and O–H groups in total. The number of carbonyl (C=O) groups excluding carboxylic acids is 1. The van der Waals surface area contributed by atoms with E-state index in [1.165, 1.54) is 4.68 Å². The number of nitrogens with zero attached hydrogens (tertiary/aromatic N) is 4. The minimum atomic E-state index is -0.0273. The highest BCUT2D eigenvalue weighted by Gasteiger charge is 2.10. The van der Waals surface area contributed by atoms with Gasteiger partial charge in [0, 0.05) is 5.56 Å². The summed E-state index contributed by atoms with van der Waals surface area (Å²) in [6.07, 6.45) is 2.13. The molecule has 0 aliphatic rings. The number of hydrogen-bond donors (Lipinski definition) is 0. The highest BCUT2D eigenvalue weighted by Crippen LogP contribution is 2.13. The molecule has 0 spiro atoms. The molecule has 1 aromatic heterocycles. The summed E-state index contributed by atoms with van der Waals surface area (Å²) >= 11 is 0. The van der Waals surface area contributed by atoms with E-state index in [0.717, 1.165) is 18.6 Å². The predicted octanol–water partition coefficient (Wildman–Crippen LogP) is 2.04. The van der Waals surface area contributed by atoms with Gasteiger partial charge in [-0.25, -0.2) is 4.68 Å². The van der Waals surface area contributed by atoms with Gasteiger partial charge in [0.2, 0.25) is 0 Å². The first-order valence-corrected chi connectivity index (χ1v) is 6.69. The van der Waals surface area contributed by atoms with Gasteiger partial charge in [0.25, 0.3) is 0 Å². The van der Waals surface area contributed by atoms with E-state index in [9.17, 15) is 4.79 Å². The fourth-order valence-corrected chi connectivity index (χ4v) is 1.69. The largest absolute Gasteiger partial charge is 0.494 e. The van der Waals surface area contributed by atoms with Crippen LogP contribution in [0, 0.1) is 6.92 Å². The van der Waals surface area contributed by atoms with E-state index in [4.69, 9.17) is 4.74 Å². The van der Waals surface area contributed by atoms with Gasteiger partial charge in [0.1, 0.15) is 18.1 Å². The highest BCUT2D eigenvalue weighted by molar-refractivity contribution is 5.95. The van der Waals surface area contributed by atoms with Crippen LogP contribution >= 0.6 is 0 Å². The van der Waals surface area contributed by atoms with Gasteiger partial charge in [0.15, 0.2) is 5.78 Å². The molecule has 6 heteroatoms. The van der Waals surface area contributed by atoms with Crippen molar-refractivity contribution >= 4 is 5.78 Å². The van der Waals surface area contributed by atoms with Crippen molar-refractivity contribution in [1.82, 2.24) is 20.2 Å². The van der Waals surface area contributed by atoms with Crippen molar-refractivity contribution < 1.29 is 9.53 Å². The zero-order chi connectivity index (χ0) is 14.4. The van der Waals surface area contributed by atoms with E-state index < -0.39 is 0 Å². The third kappa shape index (κ3) is 3.63. The number of tetrazole rings is 1. The number of hydrogen-bond acceptors (Lipinski definition) is 5. The van der Waals surface area contributed by atoms with Gasteiger partial charge in [-0.1, -0.05) is 13.3 Å². The summed E-state index contributed by atoms with van der Waals surface area (Å²) in [6.45, 7) is 4.73. The van der Waals surface area contributed by atoms with Gasteiger partial charge in [-0.3, -0.25) is 4.79 Å². The first-order valence-electron chi connectivity index (χ1n) is 6.69. The maximum atomic E-state index is 12.1. The lowest BCUT2D eigenvalue weighted by molar-refractivity contribution is 0.0966. The molecule has 0 saturated carbocycles. The van der Waals surface area contributed by atoms with Crippen molar-refractivity contribution in [1.29, 1.82) is 0 Å². The molecule has 1 heterocycles. The normalized spacial score (nSPS) is 10.5. The van der Waals surface area contributed by atoms with E-state index in [1.807, 2.05) is 12.1 Å². The van der Waals surface area contributed by atoms with Crippen LogP contribution in [-0.2, 0) is 6.54 Å². The lowest BCUT2D eigenvalue weighted by atomic mass is 10.1. The van der Waals surface area contributed by atoms with Crippen molar-refractivity contribution in [2.45, 2.75) is 33.2 Å². The third-order valence-corrected chi connectivity index (χ3v) is 2.95. The number of rotatable bonds is 7. The standard InChI is InChI=1S/C14H18N4O2/c1-3-4-9-20-13-7-5-12(6-8-13)14(19)10-18-11(2)15-16-17-18/h5-8H,3-4,9-10H2,1-2H3. The van der Waals surface area contributed by atoms with E-state index in [2.05, 4.69) is 22.4 Å². The number of unbranched alkanes of at least 4 members (excludes halogenated alkanes) is 1. The van der Waals surface area contributed by atoms with Crippen LogP contribution in [0.25, 0.3) is 0 Å². The minimum absolute atomic E-state index is 0.0273. The Morgan fingerprint density at radius 3 is 2.65 bits per heavy atom. The second kappa shape index (κ2) is 6.79. The van der Waals surface area contributed by atoms with Crippen LogP contribution in [0.4, 0.5) is 0 Å². The van der Waals surface area contributed by atoms with Crippen LogP contribution < -0.4 is 4.74 Å². The Balaban J connectivity index is 1.95. The molecular weight excluding hydrogens is 256 g/mol. The molecule has 6 nitrogen and oxygen atoms in total. The number of ether oxygens (including phenoxy) is 1. The molecule has 0 aliphatic carbocycles. The van der Waals surface area contributed by atoms with Crippen LogP contribution in [0.2, 0.25) is 0 Å². The Kier molecular flexibility index (Phi) is 4.81. The topological polar surface area (TPSA) is 69.9 Å². The van der Waals surface area contributed by atoms with Crippen molar-refractivity contribution in [3.63, 3.8) is 0 Å². The van der Waals surface area contributed by atoms with E-state index >= 15 is 0 Å². The molecule has 2 rings (SSSR count). The number of ketones is 1. The average molecular weight is 274 g/mol. The van der Waals surface area contributed by atoms with Crippen molar-refractivity contribution in [2.75, 3.05) is 6.61 Å². The molecule has 0 amide bonds. The molecule has 0 bridgehead atoms. The molecule has 0 radical (unpaired) electrons. The summed E-state index contributed by atoms with van der Waals surface area (Å²) < 4.78 is 7.04. The maximum absolute atomic E-state index is 12.1. The van der Waals surface area contributed by atoms with Gasteiger partial charge in [-0.15, -0.1) is 5.10 Å². The summed E-state index contributed by atoms with van der Waals surface area (Å²) in [5.74, 6) is 1.38. The highest BCUT2D eigenvalue weighted by atomic mass is 16.5. The van der Waals surface area contributed by atoms with Crippen LogP contribution in [-0.4, -0.2) is 32.6 Å². The van der Waals surface area contributed by atoms with Gasteiger partial charge in [-0.2, -0.15) is 0 Å². The van der Waals surface area contributed by atoms with Crippen molar-refractivity contribution in [3.05, 3.63) is 35.7 Å². The van der Waals surface area contributed by atoms with Gasteiger partial charge in [-0.05, 0) is 48.0 Å². The van der Waals surface area contributed by atoms with Crippen LogP contribution in [0.1, 0.15) is 35.9 Å². The fourth-order valence-electron chi connectivity index (χ4n) is 1.69. The summed E-state index contributed by atoms with van der Waals surface area (Å²) in [6, 6.07) is 7.16. The first kappa shape index (κ1) is 14.2. The molecule has 20 heavy (non-hydrogen) atoms. The number of Topliss-reactive ketones (excluding diaryl/α,β-unsaturated/α-hetero) is 1. The van der Waals surface area contributed by atoms with Crippen LogP contribution in [0.3, 0.4) is 0 Å². The summed E-state index contributed by atoms with van der Waals surface area (Å²) in [5, 5.41) is 11.0. The quantitative estimate of drug-likeness (QED) is 0.571. The number of benzene rings is 1. The summed E-state index contributed by atoms with van der Waals surface area (Å²) in [5.41, 5.74) is 0.628. The zero-order valence-corrected chi connectivity index (χ0v) is 11.7. The molecular formula is C14H18N4O2. The second-order valence-electron chi connectivity index (χ2n) is 4.53. The smallest absolute Gasteiger partial charge is 0.184 e. The van der Waals surface area contributed by atoms with E-state index in [-0.39, 0.29) is 12.3 Å². The molecule has 0 atom stereocenters. The summed E-state index contributed by atoms with van der Waals surface area (Å²) in [4.78, 5) is 12.1. The minimum Gasteiger partial charge on any atom is -0.494 e. The zero-order valence-electron chi connectivity index (χ0n) is 11.7. The van der Waals surface area contributed by atoms with Crippen LogP contribution in [0.5, 0.6) is 5.75 Å². The Bertz CT molecular complexity index is 563. The average Bonchev–Trinajstić information content (AvgIpc) is 2.85. The first-order chi connectivity index (χ1) is 9.70. The van der Waals surface area contributed by atoms with Gasteiger partial charge >= 0.3 is 0 Å². The number of aromatic nitrogens is 4. The molecule has 2 aromatic rings.